The summed E-state index contributed by atoms with van der Waals surface area (Å²) in [6.45, 7) is 7.94. The van der Waals surface area contributed by atoms with Crippen LogP contribution in [0.15, 0.2) is 79.4 Å². The van der Waals surface area contributed by atoms with Crippen LogP contribution in [-0.2, 0) is 0 Å². The third-order valence-electron chi connectivity index (χ3n) is 6.35. The number of hydrogen-bond acceptors (Lipinski definition) is 5. The maximum absolute atomic E-state index is 14.1. The number of aromatic nitrogens is 6. The summed E-state index contributed by atoms with van der Waals surface area (Å²) >= 11 is 0. The lowest BCUT2D eigenvalue weighted by atomic mass is 10.0. The molecule has 4 heterocycles. The number of benzene rings is 2. The number of aromatic amines is 2. The summed E-state index contributed by atoms with van der Waals surface area (Å²) in [5.41, 5.74) is 9.06. The molecule has 182 valence electrons. The molecule has 0 saturated heterocycles. The number of nitrogens with zero attached hydrogens (tertiary/aromatic N) is 4. The zero-order chi connectivity index (χ0) is 25.5. The number of hydrogen-bond donors (Lipinski definition) is 3. The molecule has 0 aliphatic rings. The highest BCUT2D eigenvalue weighted by molar-refractivity contribution is 5.97. The van der Waals surface area contributed by atoms with Crippen LogP contribution in [-0.4, -0.2) is 30.1 Å². The minimum Gasteiger partial charge on any atom is -0.358 e. The topological polar surface area (TPSA) is 95.2 Å². The number of nitrogens with one attached hydrogen (secondary N) is 3. The second-order valence-electron chi connectivity index (χ2n) is 9.04. The van der Waals surface area contributed by atoms with Crippen molar-refractivity contribution in [2.75, 3.05) is 5.32 Å². The Morgan fingerprint density at radius 1 is 1.03 bits per heavy atom. The molecule has 8 heteroatoms. The van der Waals surface area contributed by atoms with Gasteiger partial charge in [-0.05, 0) is 66.4 Å². The molecule has 0 unspecified atom stereocenters. The molecular formula is C29H24FN7. The first-order chi connectivity index (χ1) is 18.0. The van der Waals surface area contributed by atoms with Gasteiger partial charge >= 0.3 is 0 Å². The lowest BCUT2D eigenvalue weighted by Gasteiger charge is -2.09. The van der Waals surface area contributed by atoms with E-state index in [2.05, 4.69) is 50.0 Å². The van der Waals surface area contributed by atoms with Gasteiger partial charge in [0.25, 0.3) is 0 Å². The maximum Gasteiger partial charge on any atom is 0.178 e. The quantitative estimate of drug-likeness (QED) is 0.234. The molecule has 0 spiro atoms. The predicted octanol–water partition coefficient (Wildman–Crippen LogP) is 7.01. The Kier molecular flexibility index (Phi) is 5.49. The van der Waals surface area contributed by atoms with Gasteiger partial charge in [0.05, 0.1) is 22.9 Å². The zero-order valence-electron chi connectivity index (χ0n) is 20.4. The fraction of sp³-hybridized carbons (Fsp3) is 0.103. The van der Waals surface area contributed by atoms with Gasteiger partial charge in [-0.3, -0.25) is 10.1 Å². The zero-order valence-corrected chi connectivity index (χ0v) is 20.4. The minimum absolute atomic E-state index is 0.279. The van der Waals surface area contributed by atoms with E-state index in [4.69, 9.17) is 4.98 Å². The average molecular weight is 490 g/mol. The molecule has 0 radical (unpaired) electrons. The summed E-state index contributed by atoms with van der Waals surface area (Å²) in [5.74, 6) is 0.303. The van der Waals surface area contributed by atoms with Crippen molar-refractivity contribution in [3.05, 3.63) is 90.8 Å². The second kappa shape index (κ2) is 8.98. The molecule has 0 bridgehead atoms. The van der Waals surface area contributed by atoms with Crippen molar-refractivity contribution in [3.63, 3.8) is 0 Å². The van der Waals surface area contributed by atoms with Crippen LogP contribution in [0.2, 0.25) is 0 Å². The molecule has 3 N–H and O–H groups in total. The molecule has 0 atom stereocenters. The number of aryl methyl sites for hydroxylation is 1. The number of rotatable bonds is 6. The fourth-order valence-electron chi connectivity index (χ4n) is 4.49. The van der Waals surface area contributed by atoms with E-state index in [1.165, 1.54) is 12.1 Å². The summed E-state index contributed by atoms with van der Waals surface area (Å²) in [6.07, 6.45) is 6.14. The number of H-pyrrole nitrogens is 2. The highest BCUT2D eigenvalue weighted by Crippen LogP contribution is 2.33. The van der Waals surface area contributed by atoms with Gasteiger partial charge in [0, 0.05) is 34.6 Å². The van der Waals surface area contributed by atoms with E-state index >= 15 is 0 Å². The van der Waals surface area contributed by atoms with Gasteiger partial charge in [0.1, 0.15) is 11.5 Å². The summed E-state index contributed by atoms with van der Waals surface area (Å²) in [4.78, 5) is 16.9. The number of allylic oxidation sites excluding steroid dienone is 1. The van der Waals surface area contributed by atoms with E-state index in [0.29, 0.717) is 17.2 Å². The first kappa shape index (κ1) is 22.6. The highest BCUT2D eigenvalue weighted by Gasteiger charge is 2.17. The first-order valence-electron chi connectivity index (χ1n) is 12.0. The van der Waals surface area contributed by atoms with Crippen molar-refractivity contribution in [1.29, 1.82) is 0 Å². The summed E-state index contributed by atoms with van der Waals surface area (Å²) in [6, 6.07) is 15.0. The van der Waals surface area contributed by atoms with Crippen LogP contribution in [0, 0.1) is 12.7 Å². The molecule has 0 aliphatic carbocycles. The largest absolute Gasteiger partial charge is 0.358 e. The van der Waals surface area contributed by atoms with Crippen LogP contribution >= 0.6 is 0 Å². The van der Waals surface area contributed by atoms with Crippen molar-refractivity contribution in [2.24, 2.45) is 0 Å². The van der Waals surface area contributed by atoms with Crippen LogP contribution in [0.25, 0.3) is 55.8 Å². The number of anilines is 1. The van der Waals surface area contributed by atoms with E-state index in [1.54, 1.807) is 12.4 Å². The predicted molar refractivity (Wildman–Crippen MR) is 145 cm³/mol. The number of fused-ring (bicyclic) bond motifs is 2. The lowest BCUT2D eigenvalue weighted by molar-refractivity contribution is 0.627. The Balaban J connectivity index is 1.43. The molecule has 6 rings (SSSR count). The van der Waals surface area contributed by atoms with Crippen molar-refractivity contribution < 1.29 is 4.39 Å². The Hall–Kier alpha value is -4.85. The van der Waals surface area contributed by atoms with Crippen molar-refractivity contribution in [2.45, 2.75) is 20.3 Å². The van der Waals surface area contributed by atoms with Crippen molar-refractivity contribution >= 4 is 27.8 Å². The van der Waals surface area contributed by atoms with Gasteiger partial charge in [-0.25, -0.2) is 14.4 Å². The molecule has 37 heavy (non-hydrogen) atoms. The summed E-state index contributed by atoms with van der Waals surface area (Å²) < 4.78 is 14.1. The van der Waals surface area contributed by atoms with E-state index in [1.807, 2.05) is 43.5 Å². The summed E-state index contributed by atoms with van der Waals surface area (Å²) in [5, 5.41) is 11.8. The van der Waals surface area contributed by atoms with Crippen molar-refractivity contribution in [3.8, 4) is 33.8 Å². The highest BCUT2D eigenvalue weighted by atomic mass is 19.1. The number of imidazole rings is 1. The van der Waals surface area contributed by atoms with E-state index in [9.17, 15) is 4.39 Å². The molecular weight excluding hydrogens is 465 g/mol. The number of pyridine rings is 2. The second-order valence-corrected chi connectivity index (χ2v) is 9.04. The van der Waals surface area contributed by atoms with Gasteiger partial charge < -0.3 is 10.3 Å². The fourth-order valence-corrected chi connectivity index (χ4v) is 4.49. The van der Waals surface area contributed by atoms with Gasteiger partial charge in [0.2, 0.25) is 0 Å². The SMILES string of the molecule is C=C(CC)Nc1cncc(-c2ccc3[nH]nc(-c4nc5nccc(-c6cc(C)cc(F)c6)c5[nH]4)c3c2)c1. The van der Waals surface area contributed by atoms with E-state index < -0.39 is 0 Å². The molecule has 7 nitrogen and oxygen atoms in total. The minimum atomic E-state index is -0.279. The standard InChI is InChI=1S/C29H24FN7/c1-4-17(3)33-22-12-20(14-31-15-22)18-5-6-25-24(13-18)27(37-36-25)29-34-26-23(7-8-32-28(26)35-29)19-9-16(2)10-21(30)11-19/h5-15,33H,3-4H2,1-2H3,(H,36,37)(H,32,34,35). The third kappa shape index (κ3) is 4.23. The third-order valence-corrected chi connectivity index (χ3v) is 6.35. The van der Waals surface area contributed by atoms with Crippen LogP contribution in [0.4, 0.5) is 10.1 Å². The van der Waals surface area contributed by atoms with Gasteiger partial charge in [-0.15, -0.1) is 0 Å². The van der Waals surface area contributed by atoms with Gasteiger partial charge in [-0.1, -0.05) is 25.6 Å². The smallest absolute Gasteiger partial charge is 0.178 e. The Bertz CT molecular complexity index is 1780. The maximum atomic E-state index is 14.1. The van der Waals surface area contributed by atoms with E-state index in [-0.39, 0.29) is 5.82 Å². The first-order valence-corrected chi connectivity index (χ1v) is 12.0. The monoisotopic (exact) mass is 489 g/mol. The number of halogens is 1. The molecule has 2 aromatic carbocycles. The Morgan fingerprint density at radius 2 is 1.92 bits per heavy atom. The van der Waals surface area contributed by atoms with Gasteiger partial charge in [0.15, 0.2) is 11.5 Å². The molecule has 0 saturated carbocycles. The van der Waals surface area contributed by atoms with Crippen LogP contribution < -0.4 is 5.32 Å². The van der Waals surface area contributed by atoms with E-state index in [0.717, 1.165) is 62.0 Å². The molecule has 6 aromatic rings. The van der Waals surface area contributed by atoms with Crippen LogP contribution in [0.3, 0.4) is 0 Å². The lowest BCUT2D eigenvalue weighted by Crippen LogP contribution is -1.97. The van der Waals surface area contributed by atoms with Crippen LogP contribution in [0.5, 0.6) is 0 Å². The Morgan fingerprint density at radius 3 is 2.76 bits per heavy atom. The normalized spacial score (nSPS) is 11.3. The summed E-state index contributed by atoms with van der Waals surface area (Å²) in [7, 11) is 0. The van der Waals surface area contributed by atoms with Crippen LogP contribution in [0.1, 0.15) is 18.9 Å². The molecule has 0 amide bonds. The Labute approximate surface area is 212 Å². The molecule has 0 fully saturated rings. The molecule has 0 aliphatic heterocycles. The molecule has 4 aromatic heterocycles. The van der Waals surface area contributed by atoms with Crippen molar-refractivity contribution in [1.82, 2.24) is 30.1 Å². The van der Waals surface area contributed by atoms with Gasteiger partial charge in [-0.2, -0.15) is 5.10 Å². The average Bonchev–Trinajstić information content (AvgIpc) is 3.51.